The second-order valence-electron chi connectivity index (χ2n) is 4.30. The van der Waals surface area contributed by atoms with Crippen LogP contribution in [0.1, 0.15) is 31.0 Å². The van der Waals surface area contributed by atoms with Gasteiger partial charge in [0.25, 0.3) is 0 Å². The highest BCUT2D eigenvalue weighted by molar-refractivity contribution is 7.90. The Morgan fingerprint density at radius 2 is 2.00 bits per heavy atom. The summed E-state index contributed by atoms with van der Waals surface area (Å²) in [6.45, 7) is 4.84. The van der Waals surface area contributed by atoms with E-state index in [4.69, 9.17) is 0 Å². The van der Waals surface area contributed by atoms with Crippen molar-refractivity contribution in [2.24, 2.45) is 0 Å². The van der Waals surface area contributed by atoms with Crippen LogP contribution in [0.4, 0.5) is 0 Å². The van der Waals surface area contributed by atoms with E-state index in [1.54, 1.807) is 0 Å². The first-order valence-corrected chi connectivity index (χ1v) is 8.02. The first-order chi connectivity index (χ1) is 7.96. The van der Waals surface area contributed by atoms with Crippen LogP contribution in [-0.2, 0) is 16.3 Å². The quantitative estimate of drug-likeness (QED) is 0.845. The van der Waals surface area contributed by atoms with Crippen molar-refractivity contribution in [3.05, 3.63) is 35.4 Å². The molecule has 0 radical (unpaired) electrons. The van der Waals surface area contributed by atoms with Gasteiger partial charge in [0.2, 0.25) is 0 Å². The highest BCUT2D eigenvalue weighted by atomic mass is 32.2. The molecule has 1 unspecified atom stereocenters. The summed E-state index contributed by atoms with van der Waals surface area (Å²) in [5, 5.41) is 3.23. The largest absolute Gasteiger partial charge is 0.309 e. The summed E-state index contributed by atoms with van der Waals surface area (Å²) in [5.74, 6) is 0.147. The molecular formula is C13H21NO2S. The summed E-state index contributed by atoms with van der Waals surface area (Å²) >= 11 is 0. The van der Waals surface area contributed by atoms with Crippen molar-refractivity contribution in [2.75, 3.05) is 18.6 Å². The van der Waals surface area contributed by atoms with Gasteiger partial charge in [-0.05, 0) is 24.1 Å². The Balaban J connectivity index is 2.96. The summed E-state index contributed by atoms with van der Waals surface area (Å²) in [5.41, 5.74) is 2.29. The first-order valence-electron chi connectivity index (χ1n) is 5.96. The van der Waals surface area contributed by atoms with Gasteiger partial charge in [0.1, 0.15) is 9.84 Å². The molecule has 1 N–H and O–H groups in total. The van der Waals surface area contributed by atoms with Gasteiger partial charge in [-0.1, -0.05) is 38.1 Å². The summed E-state index contributed by atoms with van der Waals surface area (Å²) in [6.07, 6.45) is 2.24. The molecule has 1 aromatic rings. The number of hydrogen-bond donors (Lipinski definition) is 1. The lowest BCUT2D eigenvalue weighted by Gasteiger charge is -2.18. The van der Waals surface area contributed by atoms with Crippen LogP contribution < -0.4 is 5.32 Å². The van der Waals surface area contributed by atoms with Gasteiger partial charge < -0.3 is 5.32 Å². The second-order valence-corrected chi connectivity index (χ2v) is 6.49. The third-order valence-corrected chi connectivity index (χ3v) is 3.62. The van der Waals surface area contributed by atoms with Crippen molar-refractivity contribution in [3.63, 3.8) is 0 Å². The number of benzene rings is 1. The number of nitrogens with one attached hydrogen (secondary N) is 1. The molecule has 0 spiro atoms. The molecule has 3 nitrogen and oxygen atoms in total. The fraction of sp³-hybridized carbons (Fsp3) is 0.538. The van der Waals surface area contributed by atoms with Crippen LogP contribution in [0.5, 0.6) is 0 Å². The fourth-order valence-corrected chi connectivity index (χ4v) is 2.77. The second kappa shape index (κ2) is 6.17. The summed E-state index contributed by atoms with van der Waals surface area (Å²) in [6, 6.07) is 8.01. The monoisotopic (exact) mass is 255 g/mol. The molecule has 96 valence electrons. The van der Waals surface area contributed by atoms with Crippen molar-refractivity contribution in [3.8, 4) is 0 Å². The summed E-state index contributed by atoms with van der Waals surface area (Å²) < 4.78 is 22.8. The molecule has 0 amide bonds. The van der Waals surface area contributed by atoms with Crippen LogP contribution in [0.2, 0.25) is 0 Å². The van der Waals surface area contributed by atoms with Crippen molar-refractivity contribution >= 4 is 9.84 Å². The first kappa shape index (κ1) is 14.2. The van der Waals surface area contributed by atoms with Gasteiger partial charge in [-0.2, -0.15) is 0 Å². The van der Waals surface area contributed by atoms with E-state index in [1.165, 1.54) is 11.8 Å². The van der Waals surface area contributed by atoms with Gasteiger partial charge in [-0.25, -0.2) is 8.42 Å². The molecule has 0 aliphatic carbocycles. The molecule has 0 saturated carbocycles. The lowest BCUT2D eigenvalue weighted by molar-refractivity contribution is 0.563. The van der Waals surface area contributed by atoms with Gasteiger partial charge in [0, 0.05) is 12.3 Å². The van der Waals surface area contributed by atoms with Gasteiger partial charge in [0.05, 0.1) is 5.75 Å². The van der Waals surface area contributed by atoms with E-state index in [0.29, 0.717) is 0 Å². The Kier molecular flexibility index (Phi) is 5.15. The molecule has 0 fully saturated rings. The topological polar surface area (TPSA) is 46.2 Å². The molecule has 0 aromatic heterocycles. The summed E-state index contributed by atoms with van der Waals surface area (Å²) in [4.78, 5) is 0. The highest BCUT2D eigenvalue weighted by Crippen LogP contribution is 2.17. The summed E-state index contributed by atoms with van der Waals surface area (Å²) in [7, 11) is -2.98. The van der Waals surface area contributed by atoms with Gasteiger partial charge in [-0.15, -0.1) is 0 Å². The van der Waals surface area contributed by atoms with Gasteiger partial charge >= 0.3 is 0 Å². The zero-order valence-corrected chi connectivity index (χ0v) is 11.5. The Hall–Kier alpha value is -0.870. The minimum absolute atomic E-state index is 0.110. The van der Waals surface area contributed by atoms with E-state index in [1.807, 2.05) is 19.1 Å². The molecule has 0 saturated heterocycles. The third kappa shape index (κ3) is 4.88. The number of rotatable bonds is 6. The Bertz CT molecular complexity index is 454. The average Bonchev–Trinajstić information content (AvgIpc) is 2.27. The van der Waals surface area contributed by atoms with Crippen LogP contribution in [0.25, 0.3) is 0 Å². The van der Waals surface area contributed by atoms with Crippen LogP contribution in [0.3, 0.4) is 0 Å². The van der Waals surface area contributed by atoms with Crippen molar-refractivity contribution in [1.29, 1.82) is 0 Å². The van der Waals surface area contributed by atoms with Crippen LogP contribution in [0.15, 0.2) is 24.3 Å². The standard InChI is InChI=1S/C13H21NO2S/c1-4-11-7-6-8-12(9-11)13(14-5-2)10-17(3,15)16/h6-9,13-14H,4-5,10H2,1-3H3. The predicted octanol–water partition coefficient (Wildman–Crippen LogP) is 1.94. The maximum absolute atomic E-state index is 11.4. The molecule has 1 rings (SSSR count). The predicted molar refractivity (Wildman–Crippen MR) is 71.9 cm³/mol. The maximum Gasteiger partial charge on any atom is 0.149 e. The van der Waals surface area contributed by atoms with E-state index in [2.05, 4.69) is 24.4 Å². The molecule has 0 heterocycles. The lowest BCUT2D eigenvalue weighted by atomic mass is 10.0. The third-order valence-electron chi connectivity index (χ3n) is 2.68. The van der Waals surface area contributed by atoms with E-state index in [0.717, 1.165) is 18.5 Å². The molecule has 17 heavy (non-hydrogen) atoms. The molecule has 0 aliphatic heterocycles. The number of aryl methyl sites for hydroxylation is 1. The molecule has 1 atom stereocenters. The molecule has 1 aromatic carbocycles. The lowest BCUT2D eigenvalue weighted by Crippen LogP contribution is -2.27. The average molecular weight is 255 g/mol. The molecule has 4 heteroatoms. The SMILES string of the molecule is CCNC(CS(C)(=O)=O)c1cccc(CC)c1. The number of sulfone groups is 1. The Morgan fingerprint density at radius 3 is 2.53 bits per heavy atom. The highest BCUT2D eigenvalue weighted by Gasteiger charge is 2.16. The molecule has 0 bridgehead atoms. The minimum atomic E-state index is -2.98. The zero-order valence-electron chi connectivity index (χ0n) is 10.7. The molecular weight excluding hydrogens is 234 g/mol. The Labute approximate surface area is 104 Å². The van der Waals surface area contributed by atoms with Gasteiger partial charge in [0.15, 0.2) is 0 Å². The fourth-order valence-electron chi connectivity index (χ4n) is 1.85. The normalized spacial score (nSPS) is 13.6. The minimum Gasteiger partial charge on any atom is -0.309 e. The Morgan fingerprint density at radius 1 is 1.29 bits per heavy atom. The molecule has 0 aliphatic rings. The zero-order chi connectivity index (χ0) is 12.9. The van der Waals surface area contributed by atoms with Crippen molar-refractivity contribution in [2.45, 2.75) is 26.3 Å². The van der Waals surface area contributed by atoms with Crippen LogP contribution >= 0.6 is 0 Å². The van der Waals surface area contributed by atoms with Crippen molar-refractivity contribution in [1.82, 2.24) is 5.32 Å². The van der Waals surface area contributed by atoms with Gasteiger partial charge in [-0.3, -0.25) is 0 Å². The van der Waals surface area contributed by atoms with Crippen LogP contribution in [-0.4, -0.2) is 27.0 Å². The van der Waals surface area contributed by atoms with E-state index < -0.39 is 9.84 Å². The van der Waals surface area contributed by atoms with Crippen molar-refractivity contribution < 1.29 is 8.42 Å². The van der Waals surface area contributed by atoms with E-state index in [9.17, 15) is 8.42 Å². The van der Waals surface area contributed by atoms with E-state index in [-0.39, 0.29) is 11.8 Å². The number of hydrogen-bond acceptors (Lipinski definition) is 3. The maximum atomic E-state index is 11.4. The van der Waals surface area contributed by atoms with Crippen LogP contribution in [0, 0.1) is 0 Å². The smallest absolute Gasteiger partial charge is 0.149 e. The van der Waals surface area contributed by atoms with E-state index >= 15 is 0 Å².